The molecule has 4 nitrogen and oxygen atoms in total. The second kappa shape index (κ2) is 8.15. The first-order chi connectivity index (χ1) is 12.9. The van der Waals surface area contributed by atoms with Gasteiger partial charge in [0.15, 0.2) is 5.13 Å². The molecule has 0 aliphatic carbocycles. The number of amides is 1. The molecule has 1 N–H and O–H groups in total. The molecule has 3 rings (SSSR count). The van der Waals surface area contributed by atoms with Crippen LogP contribution in [0.5, 0.6) is 0 Å². The molecule has 1 heterocycles. The number of aromatic nitrogens is 1. The second-order valence-corrected chi connectivity index (χ2v) is 8.11. The highest BCUT2D eigenvalue weighted by atomic mass is 32.1. The van der Waals surface area contributed by atoms with Crippen molar-refractivity contribution < 1.29 is 14.1 Å². The number of carbonyl (C=O) groups is 1. The van der Waals surface area contributed by atoms with Crippen LogP contribution in [0.3, 0.4) is 0 Å². The van der Waals surface area contributed by atoms with Gasteiger partial charge in [0.2, 0.25) is 0 Å². The van der Waals surface area contributed by atoms with Crippen LogP contribution in [0.25, 0.3) is 10.2 Å². The lowest BCUT2D eigenvalue weighted by atomic mass is 10.1. The van der Waals surface area contributed by atoms with Crippen LogP contribution in [0.4, 0.5) is 9.52 Å². The van der Waals surface area contributed by atoms with Crippen LogP contribution < -0.4 is 9.80 Å². The maximum atomic E-state index is 14.2. The van der Waals surface area contributed by atoms with E-state index in [1.54, 1.807) is 17.0 Å². The third-order valence-electron chi connectivity index (χ3n) is 4.71. The molecule has 142 valence electrons. The van der Waals surface area contributed by atoms with Gasteiger partial charge in [0.05, 0.1) is 36.4 Å². The summed E-state index contributed by atoms with van der Waals surface area (Å²) in [6, 6.07) is 10.2. The van der Waals surface area contributed by atoms with Gasteiger partial charge < -0.3 is 4.90 Å². The zero-order chi connectivity index (χ0) is 19.6. The number of nitrogens with one attached hydrogen (secondary N) is 1. The van der Waals surface area contributed by atoms with Crippen molar-refractivity contribution in [2.75, 3.05) is 32.1 Å². The molecule has 0 aliphatic heterocycles. The number of fused-ring (bicyclic) bond motifs is 1. The summed E-state index contributed by atoms with van der Waals surface area (Å²) in [6.45, 7) is 5.52. The molecule has 0 aliphatic rings. The summed E-state index contributed by atoms with van der Waals surface area (Å²) in [5, 5.41) is 0.626. The lowest BCUT2D eigenvalue weighted by molar-refractivity contribution is -0.858. The van der Waals surface area contributed by atoms with Gasteiger partial charge in [0.25, 0.3) is 5.91 Å². The molecule has 1 aromatic heterocycles. The van der Waals surface area contributed by atoms with E-state index in [9.17, 15) is 9.18 Å². The summed E-state index contributed by atoms with van der Waals surface area (Å²) in [5.74, 6) is -0.839. The molecule has 27 heavy (non-hydrogen) atoms. The minimum atomic E-state index is -0.501. The van der Waals surface area contributed by atoms with Gasteiger partial charge >= 0.3 is 0 Å². The van der Waals surface area contributed by atoms with Gasteiger partial charge in [0.1, 0.15) is 5.82 Å². The highest BCUT2D eigenvalue weighted by Crippen LogP contribution is 2.32. The molecule has 1 amide bonds. The molecule has 0 unspecified atom stereocenters. The van der Waals surface area contributed by atoms with Crippen molar-refractivity contribution in [3.8, 4) is 0 Å². The van der Waals surface area contributed by atoms with Crippen LogP contribution in [0.2, 0.25) is 0 Å². The minimum Gasteiger partial charge on any atom is -0.340 e. The van der Waals surface area contributed by atoms with Crippen molar-refractivity contribution in [2.24, 2.45) is 0 Å². The Bertz CT molecular complexity index is 967. The van der Waals surface area contributed by atoms with E-state index in [-0.39, 0.29) is 11.5 Å². The van der Waals surface area contributed by atoms with E-state index in [0.29, 0.717) is 11.7 Å². The Labute approximate surface area is 163 Å². The van der Waals surface area contributed by atoms with Crippen molar-refractivity contribution in [1.82, 2.24) is 4.98 Å². The fraction of sp³-hybridized carbons (Fsp3) is 0.333. The van der Waals surface area contributed by atoms with E-state index in [1.807, 2.05) is 13.0 Å². The van der Waals surface area contributed by atoms with Crippen LogP contribution in [-0.2, 0) is 0 Å². The van der Waals surface area contributed by atoms with Gasteiger partial charge in [-0.05, 0) is 43.2 Å². The molecule has 6 heteroatoms. The molecule has 2 aromatic carbocycles. The van der Waals surface area contributed by atoms with E-state index in [2.05, 4.69) is 27.1 Å². The molecule has 0 spiro atoms. The summed E-state index contributed by atoms with van der Waals surface area (Å²) in [4.78, 5) is 20.8. The van der Waals surface area contributed by atoms with Crippen LogP contribution >= 0.6 is 11.3 Å². The largest absolute Gasteiger partial charge is 0.340 e. The summed E-state index contributed by atoms with van der Waals surface area (Å²) < 4.78 is 15.3. The van der Waals surface area contributed by atoms with Crippen LogP contribution in [0.15, 0.2) is 36.4 Å². The van der Waals surface area contributed by atoms with Crippen molar-refractivity contribution in [3.05, 3.63) is 58.9 Å². The van der Waals surface area contributed by atoms with Gasteiger partial charge in [-0.2, -0.15) is 0 Å². The Kier molecular flexibility index (Phi) is 5.87. The van der Waals surface area contributed by atoms with E-state index in [4.69, 9.17) is 4.98 Å². The number of rotatable bonds is 6. The predicted octanol–water partition coefficient (Wildman–Crippen LogP) is 3.23. The molecular weight excluding hydrogens is 361 g/mol. The van der Waals surface area contributed by atoms with Gasteiger partial charge in [-0.15, -0.1) is 0 Å². The highest BCUT2D eigenvalue weighted by molar-refractivity contribution is 7.22. The molecule has 0 fully saturated rings. The summed E-state index contributed by atoms with van der Waals surface area (Å²) in [7, 11) is 4.15. The zero-order valence-corrected chi connectivity index (χ0v) is 17.0. The lowest BCUT2D eigenvalue weighted by Crippen LogP contribution is -3.05. The van der Waals surface area contributed by atoms with Gasteiger partial charge in [0, 0.05) is 13.0 Å². The number of quaternary nitrogens is 1. The molecule has 0 radical (unpaired) electrons. The number of anilines is 1. The number of benzene rings is 2. The third-order valence-corrected chi connectivity index (χ3v) is 5.76. The summed E-state index contributed by atoms with van der Waals surface area (Å²) >= 11 is 1.48. The van der Waals surface area contributed by atoms with Crippen LogP contribution in [-0.4, -0.2) is 38.1 Å². The number of halogens is 1. The average molecular weight is 387 g/mol. The molecule has 0 saturated carbocycles. The lowest BCUT2D eigenvalue weighted by Gasteiger charge is -2.20. The average Bonchev–Trinajstić information content (AvgIpc) is 3.06. The standard InChI is InChI=1S/C21H24FN3OS/c1-14-10-11-18-19(15(14)2)23-21(27-18)25(13-7-12-24(3)4)20(26)16-8-5-6-9-17(16)22/h5-6,8-11H,7,12-13H2,1-4H3/p+1. The fourth-order valence-electron chi connectivity index (χ4n) is 2.98. The smallest absolute Gasteiger partial charge is 0.263 e. The van der Waals surface area contributed by atoms with E-state index in [1.165, 1.54) is 33.9 Å². The molecule has 0 saturated heterocycles. The van der Waals surface area contributed by atoms with Gasteiger partial charge in [-0.25, -0.2) is 9.37 Å². The zero-order valence-electron chi connectivity index (χ0n) is 16.2. The Morgan fingerprint density at radius 2 is 1.93 bits per heavy atom. The number of carbonyl (C=O) groups excluding carboxylic acids is 1. The topological polar surface area (TPSA) is 37.6 Å². The normalized spacial score (nSPS) is 11.3. The first-order valence-electron chi connectivity index (χ1n) is 9.10. The third kappa shape index (κ3) is 4.17. The van der Waals surface area contributed by atoms with Crippen molar-refractivity contribution in [2.45, 2.75) is 20.3 Å². The molecule has 3 aromatic rings. The molecule has 0 bridgehead atoms. The van der Waals surface area contributed by atoms with Crippen molar-refractivity contribution >= 4 is 32.6 Å². The van der Waals surface area contributed by atoms with Crippen molar-refractivity contribution in [3.63, 3.8) is 0 Å². The van der Waals surface area contributed by atoms with Crippen LogP contribution in [0, 0.1) is 19.7 Å². The SMILES string of the molecule is Cc1ccc2sc(N(CCC[NH+](C)C)C(=O)c3ccccc3F)nc2c1C. The molecule has 0 atom stereocenters. The maximum absolute atomic E-state index is 14.2. The first kappa shape index (κ1) is 19.5. The Hall–Kier alpha value is -2.31. The Balaban J connectivity index is 2.00. The number of hydrogen-bond acceptors (Lipinski definition) is 3. The number of nitrogens with zero attached hydrogens (tertiary/aromatic N) is 2. The highest BCUT2D eigenvalue weighted by Gasteiger charge is 2.24. The quantitative estimate of drug-likeness (QED) is 0.706. The summed E-state index contributed by atoms with van der Waals surface area (Å²) in [6.07, 6.45) is 0.816. The number of hydrogen-bond donors (Lipinski definition) is 1. The van der Waals surface area contributed by atoms with Gasteiger partial charge in [-0.1, -0.05) is 29.5 Å². The first-order valence-corrected chi connectivity index (χ1v) is 9.92. The Morgan fingerprint density at radius 1 is 1.19 bits per heavy atom. The number of aryl methyl sites for hydroxylation is 2. The maximum Gasteiger partial charge on any atom is 0.263 e. The predicted molar refractivity (Wildman–Crippen MR) is 109 cm³/mol. The van der Waals surface area contributed by atoms with E-state index < -0.39 is 5.82 Å². The monoisotopic (exact) mass is 386 g/mol. The second-order valence-electron chi connectivity index (χ2n) is 7.10. The Morgan fingerprint density at radius 3 is 2.63 bits per heavy atom. The minimum absolute atomic E-state index is 0.0851. The number of thiazole rings is 1. The van der Waals surface area contributed by atoms with E-state index in [0.717, 1.165) is 28.7 Å². The summed E-state index contributed by atoms with van der Waals surface area (Å²) in [5.41, 5.74) is 3.29. The van der Waals surface area contributed by atoms with E-state index >= 15 is 0 Å². The van der Waals surface area contributed by atoms with Crippen LogP contribution in [0.1, 0.15) is 27.9 Å². The molecular formula is C21H25FN3OS+. The van der Waals surface area contributed by atoms with Crippen molar-refractivity contribution in [1.29, 1.82) is 0 Å². The van der Waals surface area contributed by atoms with Gasteiger partial charge in [-0.3, -0.25) is 9.69 Å². The fourth-order valence-corrected chi connectivity index (χ4v) is 4.03.